The number of aliphatic hydroxyl groups excluding tert-OH is 1. The summed E-state index contributed by atoms with van der Waals surface area (Å²) in [7, 11) is 0. The Morgan fingerprint density at radius 2 is 1.78 bits per heavy atom. The topological polar surface area (TPSA) is 122 Å². The van der Waals surface area contributed by atoms with E-state index in [2.05, 4.69) is 10.6 Å². The molecule has 7 heteroatoms. The van der Waals surface area contributed by atoms with Crippen LogP contribution in [0.1, 0.15) is 39.2 Å². The smallest absolute Gasteiger partial charge is 0.243 e. The van der Waals surface area contributed by atoms with Gasteiger partial charge in [-0.1, -0.05) is 44.2 Å². The van der Waals surface area contributed by atoms with Gasteiger partial charge in [0.05, 0.1) is 12.1 Å². The molecule has 27 heavy (non-hydrogen) atoms. The fourth-order valence-corrected chi connectivity index (χ4v) is 2.60. The van der Waals surface area contributed by atoms with Gasteiger partial charge >= 0.3 is 0 Å². The van der Waals surface area contributed by atoms with Crippen molar-refractivity contribution in [1.82, 2.24) is 10.6 Å². The summed E-state index contributed by atoms with van der Waals surface area (Å²) in [6.07, 6.45) is 0.604. The van der Waals surface area contributed by atoms with E-state index >= 15 is 0 Å². The summed E-state index contributed by atoms with van der Waals surface area (Å²) in [5, 5.41) is 15.1. The summed E-state index contributed by atoms with van der Waals surface area (Å²) < 4.78 is 0. The molecule has 5 N–H and O–H groups in total. The lowest BCUT2D eigenvalue weighted by atomic mass is 10.0. The number of rotatable bonds is 11. The second-order valence-corrected chi connectivity index (χ2v) is 7.20. The van der Waals surface area contributed by atoms with Gasteiger partial charge in [0.15, 0.2) is 0 Å². The second kappa shape index (κ2) is 11.5. The molecule has 0 bridgehead atoms. The lowest BCUT2D eigenvalue weighted by Crippen LogP contribution is -2.53. The normalized spacial score (nSPS) is 15.5. The molecule has 150 valence electrons. The van der Waals surface area contributed by atoms with Crippen LogP contribution in [0.2, 0.25) is 0 Å². The van der Waals surface area contributed by atoms with Crippen LogP contribution in [-0.4, -0.2) is 47.4 Å². The predicted octanol–water partition coefficient (Wildman–Crippen LogP) is 0.542. The highest BCUT2D eigenvalue weighted by Crippen LogP contribution is 2.07. The lowest BCUT2D eigenvalue weighted by Gasteiger charge is -2.24. The second-order valence-electron chi connectivity index (χ2n) is 7.20. The summed E-state index contributed by atoms with van der Waals surface area (Å²) in [6, 6.07) is 7.53. The minimum Gasteiger partial charge on any atom is -0.392 e. The van der Waals surface area contributed by atoms with E-state index in [1.807, 2.05) is 44.2 Å². The van der Waals surface area contributed by atoms with Gasteiger partial charge in [-0.25, -0.2) is 0 Å². The van der Waals surface area contributed by atoms with Crippen LogP contribution in [0.25, 0.3) is 0 Å². The SMILES string of the molecule is CC(C)C(NC(=O)CCC(O)C(C)N)C(=O)NC(C=O)Cc1ccccc1. The molecule has 1 aromatic carbocycles. The Morgan fingerprint density at radius 1 is 1.15 bits per heavy atom. The summed E-state index contributed by atoms with van der Waals surface area (Å²) >= 11 is 0. The molecule has 1 aromatic rings. The summed E-state index contributed by atoms with van der Waals surface area (Å²) in [5.41, 5.74) is 6.51. The molecule has 4 unspecified atom stereocenters. The number of benzene rings is 1. The van der Waals surface area contributed by atoms with Crippen LogP contribution < -0.4 is 16.4 Å². The summed E-state index contributed by atoms with van der Waals surface area (Å²) in [4.78, 5) is 36.1. The first-order valence-corrected chi connectivity index (χ1v) is 9.27. The summed E-state index contributed by atoms with van der Waals surface area (Å²) in [5.74, 6) is -0.898. The number of hydrogen-bond donors (Lipinski definition) is 4. The van der Waals surface area contributed by atoms with Gasteiger partial charge < -0.3 is 26.3 Å². The average Bonchev–Trinajstić information content (AvgIpc) is 2.63. The van der Waals surface area contributed by atoms with E-state index in [1.54, 1.807) is 6.92 Å². The molecule has 1 rings (SSSR count). The molecule has 0 saturated heterocycles. The van der Waals surface area contributed by atoms with Crippen molar-refractivity contribution >= 4 is 18.1 Å². The van der Waals surface area contributed by atoms with Crippen molar-refractivity contribution in [3.63, 3.8) is 0 Å². The Kier molecular flexibility index (Phi) is 9.67. The number of nitrogens with one attached hydrogen (secondary N) is 2. The first kappa shape index (κ1) is 22.8. The van der Waals surface area contributed by atoms with Crippen LogP contribution in [0.5, 0.6) is 0 Å². The number of amides is 2. The Morgan fingerprint density at radius 3 is 2.30 bits per heavy atom. The Bertz CT molecular complexity index is 605. The molecule has 0 radical (unpaired) electrons. The van der Waals surface area contributed by atoms with Crippen LogP contribution in [-0.2, 0) is 20.8 Å². The molecule has 0 heterocycles. The minimum absolute atomic E-state index is 0.0698. The molecule has 0 spiro atoms. The zero-order valence-corrected chi connectivity index (χ0v) is 16.2. The molecular weight excluding hydrogens is 346 g/mol. The van der Waals surface area contributed by atoms with Crippen LogP contribution >= 0.6 is 0 Å². The Hall–Kier alpha value is -2.25. The molecule has 2 amide bonds. The largest absolute Gasteiger partial charge is 0.392 e. The Labute approximate surface area is 160 Å². The van der Waals surface area contributed by atoms with Crippen LogP contribution in [0.3, 0.4) is 0 Å². The van der Waals surface area contributed by atoms with E-state index < -0.39 is 30.1 Å². The molecule has 0 saturated carbocycles. The highest BCUT2D eigenvalue weighted by molar-refractivity contribution is 5.89. The average molecular weight is 377 g/mol. The number of aldehydes is 1. The van der Waals surface area contributed by atoms with Gasteiger partial charge in [0.1, 0.15) is 12.3 Å². The number of carbonyl (C=O) groups is 3. The fraction of sp³-hybridized carbons (Fsp3) is 0.550. The van der Waals surface area contributed by atoms with E-state index in [0.29, 0.717) is 12.7 Å². The van der Waals surface area contributed by atoms with Crippen LogP contribution in [0.15, 0.2) is 30.3 Å². The van der Waals surface area contributed by atoms with E-state index in [4.69, 9.17) is 5.73 Å². The van der Waals surface area contributed by atoms with Gasteiger partial charge in [-0.15, -0.1) is 0 Å². The molecule has 0 aliphatic rings. The summed E-state index contributed by atoms with van der Waals surface area (Å²) in [6.45, 7) is 5.29. The van der Waals surface area contributed by atoms with Gasteiger partial charge in [0, 0.05) is 12.5 Å². The van der Waals surface area contributed by atoms with Crippen molar-refractivity contribution in [2.45, 2.75) is 64.3 Å². The minimum atomic E-state index is -0.771. The quantitative estimate of drug-likeness (QED) is 0.419. The van der Waals surface area contributed by atoms with Crippen molar-refractivity contribution in [1.29, 1.82) is 0 Å². The molecule has 0 aliphatic carbocycles. The van der Waals surface area contributed by atoms with Gasteiger partial charge in [0.25, 0.3) is 0 Å². The van der Waals surface area contributed by atoms with E-state index in [9.17, 15) is 19.5 Å². The van der Waals surface area contributed by atoms with Gasteiger partial charge in [-0.2, -0.15) is 0 Å². The highest BCUT2D eigenvalue weighted by Gasteiger charge is 2.26. The van der Waals surface area contributed by atoms with Crippen molar-refractivity contribution in [2.75, 3.05) is 0 Å². The third kappa shape index (κ3) is 8.32. The van der Waals surface area contributed by atoms with Crippen LogP contribution in [0, 0.1) is 5.92 Å². The van der Waals surface area contributed by atoms with E-state index in [-0.39, 0.29) is 24.7 Å². The van der Waals surface area contributed by atoms with Crippen molar-refractivity contribution in [3.8, 4) is 0 Å². The number of hydrogen-bond acceptors (Lipinski definition) is 5. The van der Waals surface area contributed by atoms with Gasteiger partial charge in [0.2, 0.25) is 11.8 Å². The fourth-order valence-electron chi connectivity index (χ4n) is 2.60. The molecular formula is C20H31N3O4. The lowest BCUT2D eigenvalue weighted by molar-refractivity contribution is -0.131. The maximum Gasteiger partial charge on any atom is 0.243 e. The molecule has 7 nitrogen and oxygen atoms in total. The highest BCUT2D eigenvalue weighted by atomic mass is 16.3. The van der Waals surface area contributed by atoms with Crippen molar-refractivity contribution < 1.29 is 19.5 Å². The first-order chi connectivity index (χ1) is 12.7. The predicted molar refractivity (Wildman–Crippen MR) is 104 cm³/mol. The van der Waals surface area contributed by atoms with E-state index in [0.717, 1.165) is 5.56 Å². The number of aliphatic hydroxyl groups is 1. The zero-order valence-electron chi connectivity index (χ0n) is 16.2. The van der Waals surface area contributed by atoms with Crippen molar-refractivity contribution in [2.24, 2.45) is 11.7 Å². The van der Waals surface area contributed by atoms with Crippen molar-refractivity contribution in [3.05, 3.63) is 35.9 Å². The molecule has 0 aliphatic heterocycles. The third-order valence-corrected chi connectivity index (χ3v) is 4.33. The van der Waals surface area contributed by atoms with Crippen LogP contribution in [0.4, 0.5) is 0 Å². The monoisotopic (exact) mass is 377 g/mol. The molecule has 0 fully saturated rings. The molecule has 0 aromatic heterocycles. The molecule has 4 atom stereocenters. The third-order valence-electron chi connectivity index (χ3n) is 4.33. The Balaban J connectivity index is 2.63. The van der Waals surface area contributed by atoms with Gasteiger partial charge in [-0.05, 0) is 31.2 Å². The van der Waals surface area contributed by atoms with Gasteiger partial charge in [-0.3, -0.25) is 9.59 Å². The number of carbonyl (C=O) groups excluding carboxylic acids is 3. The standard InChI is InChI=1S/C20H31N3O4/c1-13(2)19(23-18(26)10-9-17(25)14(3)21)20(27)22-16(12-24)11-15-7-5-4-6-8-15/h4-8,12-14,16-17,19,25H,9-11,21H2,1-3H3,(H,22,27)(H,23,26). The number of nitrogens with two attached hydrogens (primary N) is 1. The van der Waals surface area contributed by atoms with E-state index in [1.165, 1.54) is 0 Å². The first-order valence-electron chi connectivity index (χ1n) is 9.27. The zero-order chi connectivity index (χ0) is 20.4. The maximum absolute atomic E-state index is 12.6. The maximum atomic E-state index is 12.6.